The van der Waals surface area contributed by atoms with Crippen molar-refractivity contribution in [1.82, 2.24) is 4.98 Å². The minimum atomic E-state index is -0.547. The van der Waals surface area contributed by atoms with Crippen LogP contribution >= 0.6 is 0 Å². The molecule has 0 radical (unpaired) electrons. The van der Waals surface area contributed by atoms with Crippen LogP contribution in [0.2, 0.25) is 0 Å². The minimum Gasteiger partial charge on any atom is -0.489 e. The number of anilines is 1. The molecule has 1 aromatic heterocycles. The van der Waals surface area contributed by atoms with Crippen molar-refractivity contribution in [2.24, 2.45) is 0 Å². The third kappa shape index (κ3) is 6.03. The number of aromatic nitrogens is 1. The highest BCUT2D eigenvalue weighted by Crippen LogP contribution is 2.44. The molecule has 1 N–H and O–H groups in total. The van der Waals surface area contributed by atoms with Crippen molar-refractivity contribution in [3.05, 3.63) is 76.1 Å². The molecule has 0 aliphatic carbocycles. The summed E-state index contributed by atoms with van der Waals surface area (Å²) >= 11 is 0. The van der Waals surface area contributed by atoms with E-state index in [1.807, 2.05) is 27.7 Å². The lowest BCUT2D eigenvalue weighted by atomic mass is 9.87. The summed E-state index contributed by atoms with van der Waals surface area (Å²) in [5, 5.41) is 2.78. The van der Waals surface area contributed by atoms with Crippen molar-refractivity contribution in [1.29, 1.82) is 0 Å². The Hall–Kier alpha value is -4.40. The Balaban J connectivity index is 1.38. The third-order valence-electron chi connectivity index (χ3n) is 6.88. The number of nitrogens with one attached hydrogen (secondary N) is 1. The number of amides is 1. The van der Waals surface area contributed by atoms with Gasteiger partial charge in [0, 0.05) is 24.4 Å². The van der Waals surface area contributed by atoms with Gasteiger partial charge in [-0.05, 0) is 93.6 Å². The maximum atomic E-state index is 12.5. The maximum Gasteiger partial charge on any atom is 0.339 e. The molecule has 0 bridgehead atoms. The van der Waals surface area contributed by atoms with E-state index in [0.29, 0.717) is 23.8 Å². The molecule has 1 atom stereocenters. The third-order valence-corrected chi connectivity index (χ3v) is 6.88. The van der Waals surface area contributed by atoms with Gasteiger partial charge in [-0.3, -0.25) is 14.6 Å². The number of hydrogen-bond acceptors (Lipinski definition) is 8. The fraction of sp³-hybridized carbons (Fsp3) is 0.333. The zero-order valence-electron chi connectivity index (χ0n) is 23.0. The standard InChI is InChI=1S/C30H32N2O7/c1-17-18(2)27-24(19(3)26(17)38-20(4)33)13-14-30(5,39-27)16-37-23-10-8-22(9-11-23)32-28(34)25-12-7-21(15-31-25)29(35)36-6/h7-12,15H,13-14,16H2,1-6H3,(H,32,34). The van der Waals surface area contributed by atoms with E-state index < -0.39 is 17.5 Å². The minimum absolute atomic E-state index is 0.173. The van der Waals surface area contributed by atoms with E-state index in [0.717, 1.165) is 40.8 Å². The van der Waals surface area contributed by atoms with Crippen molar-refractivity contribution in [2.45, 2.75) is 53.1 Å². The van der Waals surface area contributed by atoms with E-state index in [2.05, 4.69) is 15.0 Å². The summed E-state index contributed by atoms with van der Waals surface area (Å²) < 4.78 is 22.7. The molecule has 0 spiro atoms. The summed E-state index contributed by atoms with van der Waals surface area (Å²) in [7, 11) is 1.28. The topological polar surface area (TPSA) is 113 Å². The van der Waals surface area contributed by atoms with Gasteiger partial charge in [-0.25, -0.2) is 4.79 Å². The number of nitrogens with zero attached hydrogens (tertiary/aromatic N) is 1. The van der Waals surface area contributed by atoms with Crippen LogP contribution < -0.4 is 19.5 Å². The van der Waals surface area contributed by atoms with E-state index in [1.165, 1.54) is 32.4 Å². The van der Waals surface area contributed by atoms with Gasteiger partial charge in [-0.15, -0.1) is 0 Å². The fourth-order valence-electron chi connectivity index (χ4n) is 4.51. The molecule has 9 nitrogen and oxygen atoms in total. The van der Waals surface area contributed by atoms with Crippen molar-refractivity contribution in [3.63, 3.8) is 0 Å². The Morgan fingerprint density at radius 3 is 2.36 bits per heavy atom. The van der Waals surface area contributed by atoms with Crippen LogP contribution in [0.5, 0.6) is 17.2 Å². The monoisotopic (exact) mass is 532 g/mol. The van der Waals surface area contributed by atoms with Gasteiger partial charge in [0.1, 0.15) is 35.2 Å². The van der Waals surface area contributed by atoms with E-state index in [1.54, 1.807) is 24.3 Å². The summed E-state index contributed by atoms with van der Waals surface area (Å²) in [4.78, 5) is 39.7. The predicted molar refractivity (Wildman–Crippen MR) is 145 cm³/mol. The Labute approximate surface area is 227 Å². The number of esters is 2. The first-order chi connectivity index (χ1) is 18.5. The number of benzene rings is 2. The highest BCUT2D eigenvalue weighted by Gasteiger charge is 2.36. The zero-order valence-corrected chi connectivity index (χ0v) is 23.0. The highest BCUT2D eigenvalue weighted by molar-refractivity contribution is 6.03. The Morgan fingerprint density at radius 1 is 1.03 bits per heavy atom. The molecule has 2 aromatic carbocycles. The molecule has 39 heavy (non-hydrogen) atoms. The molecule has 1 aliphatic heterocycles. The summed E-state index contributed by atoms with van der Waals surface area (Å²) in [6.07, 6.45) is 2.81. The van der Waals surface area contributed by atoms with E-state index in [-0.39, 0.29) is 17.2 Å². The molecule has 204 valence electrons. The second-order valence-electron chi connectivity index (χ2n) is 9.85. The van der Waals surface area contributed by atoms with Crippen LogP contribution in [0.15, 0.2) is 42.6 Å². The lowest BCUT2D eigenvalue weighted by Gasteiger charge is -2.37. The Kier molecular flexibility index (Phi) is 7.90. The Bertz CT molecular complexity index is 1410. The van der Waals surface area contributed by atoms with Gasteiger partial charge in [0.25, 0.3) is 5.91 Å². The molecule has 2 heterocycles. The second-order valence-corrected chi connectivity index (χ2v) is 9.85. The van der Waals surface area contributed by atoms with Gasteiger partial charge in [-0.2, -0.15) is 0 Å². The van der Waals surface area contributed by atoms with Crippen LogP contribution in [0.1, 0.15) is 63.4 Å². The zero-order chi connectivity index (χ0) is 28.3. The molecular weight excluding hydrogens is 500 g/mol. The summed E-state index contributed by atoms with van der Waals surface area (Å²) in [6.45, 7) is 9.62. The van der Waals surface area contributed by atoms with Crippen molar-refractivity contribution in [2.75, 3.05) is 19.0 Å². The van der Waals surface area contributed by atoms with Gasteiger partial charge >= 0.3 is 11.9 Å². The molecule has 4 rings (SSSR count). The number of ether oxygens (including phenoxy) is 4. The van der Waals surface area contributed by atoms with Crippen LogP contribution in [0.4, 0.5) is 5.69 Å². The number of fused-ring (bicyclic) bond motifs is 1. The SMILES string of the molecule is COC(=O)c1ccc(C(=O)Nc2ccc(OCC3(C)CCc4c(C)c(OC(C)=O)c(C)c(C)c4O3)cc2)nc1. The van der Waals surface area contributed by atoms with Crippen molar-refractivity contribution < 1.29 is 33.3 Å². The largest absolute Gasteiger partial charge is 0.489 e. The molecule has 1 aliphatic rings. The van der Waals surface area contributed by atoms with Gasteiger partial charge in [0.15, 0.2) is 0 Å². The molecule has 3 aromatic rings. The summed E-state index contributed by atoms with van der Waals surface area (Å²) in [5.41, 5.74) is 4.29. The van der Waals surface area contributed by atoms with Gasteiger partial charge in [-0.1, -0.05) is 0 Å². The lowest BCUT2D eigenvalue weighted by molar-refractivity contribution is -0.132. The normalized spacial score (nSPS) is 15.9. The predicted octanol–water partition coefficient (Wildman–Crippen LogP) is 5.13. The number of carbonyl (C=O) groups is 3. The quantitative estimate of drug-likeness (QED) is 0.329. The molecule has 1 unspecified atom stereocenters. The van der Waals surface area contributed by atoms with Gasteiger partial charge in [0.2, 0.25) is 0 Å². The first kappa shape index (κ1) is 27.6. The van der Waals surface area contributed by atoms with Crippen LogP contribution in [0, 0.1) is 20.8 Å². The average Bonchev–Trinajstić information content (AvgIpc) is 2.93. The van der Waals surface area contributed by atoms with Crippen LogP contribution in [-0.2, 0) is 16.0 Å². The van der Waals surface area contributed by atoms with Gasteiger partial charge in [0.05, 0.1) is 12.7 Å². The highest BCUT2D eigenvalue weighted by atomic mass is 16.5. The first-order valence-corrected chi connectivity index (χ1v) is 12.6. The number of hydrogen-bond donors (Lipinski definition) is 1. The lowest BCUT2D eigenvalue weighted by Crippen LogP contribution is -2.42. The van der Waals surface area contributed by atoms with Crippen LogP contribution in [0.25, 0.3) is 0 Å². The maximum absolute atomic E-state index is 12.5. The second kappa shape index (κ2) is 11.1. The van der Waals surface area contributed by atoms with Crippen molar-refractivity contribution >= 4 is 23.5 Å². The average molecular weight is 533 g/mol. The van der Waals surface area contributed by atoms with Crippen LogP contribution in [-0.4, -0.2) is 42.1 Å². The van der Waals surface area contributed by atoms with E-state index in [4.69, 9.17) is 14.2 Å². The molecular formula is C30H32N2O7. The Morgan fingerprint density at radius 2 is 1.74 bits per heavy atom. The smallest absolute Gasteiger partial charge is 0.339 e. The fourth-order valence-corrected chi connectivity index (χ4v) is 4.51. The van der Waals surface area contributed by atoms with E-state index >= 15 is 0 Å². The number of methoxy groups -OCH3 is 1. The van der Waals surface area contributed by atoms with E-state index in [9.17, 15) is 14.4 Å². The molecule has 0 saturated heterocycles. The molecule has 1 amide bonds. The molecule has 9 heteroatoms. The number of pyridine rings is 1. The number of carbonyl (C=O) groups excluding carboxylic acids is 3. The van der Waals surface area contributed by atoms with Crippen molar-refractivity contribution in [3.8, 4) is 17.2 Å². The summed E-state index contributed by atoms with van der Waals surface area (Å²) in [6, 6.07) is 9.97. The molecule has 0 fully saturated rings. The first-order valence-electron chi connectivity index (χ1n) is 12.6. The van der Waals surface area contributed by atoms with Crippen LogP contribution in [0.3, 0.4) is 0 Å². The number of rotatable bonds is 7. The molecule has 0 saturated carbocycles. The summed E-state index contributed by atoms with van der Waals surface area (Å²) in [5.74, 6) is 0.814. The van der Waals surface area contributed by atoms with Gasteiger partial charge < -0.3 is 24.3 Å².